The van der Waals surface area contributed by atoms with Gasteiger partial charge < -0.3 is 10.1 Å². The Morgan fingerprint density at radius 3 is 2.57 bits per heavy atom. The zero-order valence-electron chi connectivity index (χ0n) is 11.2. The number of alkyl halides is 3. The third-order valence-electron chi connectivity index (χ3n) is 2.79. The Balaban J connectivity index is 2.03. The molecule has 0 aliphatic rings. The number of hydrogen-bond donors (Lipinski definition) is 1. The summed E-state index contributed by atoms with van der Waals surface area (Å²) in [7, 11) is 0. The van der Waals surface area contributed by atoms with Crippen molar-refractivity contribution in [3.8, 4) is 5.75 Å². The molecule has 0 heterocycles. The van der Waals surface area contributed by atoms with Gasteiger partial charge in [-0.25, -0.2) is 0 Å². The van der Waals surface area contributed by atoms with Gasteiger partial charge in [0.05, 0.1) is 0 Å². The van der Waals surface area contributed by atoms with E-state index < -0.39 is 6.36 Å². The van der Waals surface area contributed by atoms with E-state index in [2.05, 4.69) is 26.0 Å². The van der Waals surface area contributed by atoms with Crippen LogP contribution in [0.4, 0.5) is 18.9 Å². The van der Waals surface area contributed by atoms with Crippen LogP contribution in [-0.4, -0.2) is 6.36 Å². The highest BCUT2D eigenvalue weighted by Crippen LogP contribution is 2.25. The summed E-state index contributed by atoms with van der Waals surface area (Å²) >= 11 is 3.42. The van der Waals surface area contributed by atoms with Crippen LogP contribution in [0, 0.1) is 6.92 Å². The molecule has 0 aliphatic heterocycles. The second-order valence-corrected chi connectivity index (χ2v) is 5.37. The van der Waals surface area contributed by atoms with Crippen LogP contribution >= 0.6 is 15.9 Å². The van der Waals surface area contributed by atoms with E-state index in [0.717, 1.165) is 15.6 Å². The van der Waals surface area contributed by atoms with Gasteiger partial charge in [-0.1, -0.05) is 34.1 Å². The smallest absolute Gasteiger partial charge is 0.406 e. The lowest BCUT2D eigenvalue weighted by atomic mass is 10.1. The first-order chi connectivity index (χ1) is 9.83. The van der Waals surface area contributed by atoms with Gasteiger partial charge in [0, 0.05) is 22.8 Å². The van der Waals surface area contributed by atoms with Crippen LogP contribution in [0.1, 0.15) is 11.1 Å². The maximum absolute atomic E-state index is 12.2. The summed E-state index contributed by atoms with van der Waals surface area (Å²) in [4.78, 5) is 0. The third-order valence-corrected chi connectivity index (χ3v) is 3.68. The van der Waals surface area contributed by atoms with E-state index in [4.69, 9.17) is 0 Å². The number of rotatable bonds is 4. The molecule has 112 valence electrons. The lowest BCUT2D eigenvalue weighted by Crippen LogP contribution is -2.17. The number of halogens is 4. The molecule has 2 aromatic carbocycles. The van der Waals surface area contributed by atoms with Crippen LogP contribution in [0.3, 0.4) is 0 Å². The summed E-state index contributed by atoms with van der Waals surface area (Å²) in [5.41, 5.74) is 2.71. The molecule has 0 radical (unpaired) electrons. The minimum Gasteiger partial charge on any atom is -0.406 e. The molecular weight excluding hydrogens is 347 g/mol. The first kappa shape index (κ1) is 15.7. The van der Waals surface area contributed by atoms with Crippen molar-refractivity contribution >= 4 is 21.6 Å². The van der Waals surface area contributed by atoms with Crippen LogP contribution in [-0.2, 0) is 6.54 Å². The second-order valence-electron chi connectivity index (χ2n) is 4.51. The van der Waals surface area contributed by atoms with Gasteiger partial charge in [0.2, 0.25) is 0 Å². The standard InChI is InChI=1S/C15H13BrF3NO/c1-10-7-11(5-6-14(10)16)9-20-12-3-2-4-13(8-12)21-15(17,18)19/h2-8,20H,9H2,1H3. The summed E-state index contributed by atoms with van der Waals surface area (Å²) in [5.74, 6) is -0.237. The van der Waals surface area contributed by atoms with Crippen molar-refractivity contribution in [2.45, 2.75) is 19.8 Å². The second kappa shape index (κ2) is 6.39. The average Bonchev–Trinajstić information content (AvgIpc) is 2.39. The van der Waals surface area contributed by atoms with Crippen LogP contribution in [0.5, 0.6) is 5.75 Å². The Hall–Kier alpha value is -1.69. The largest absolute Gasteiger partial charge is 0.573 e. The summed E-state index contributed by atoms with van der Waals surface area (Å²) in [6, 6.07) is 11.7. The van der Waals surface area contributed by atoms with Gasteiger partial charge >= 0.3 is 6.36 Å². The van der Waals surface area contributed by atoms with Crippen molar-refractivity contribution in [2.75, 3.05) is 5.32 Å². The van der Waals surface area contributed by atoms with Crippen molar-refractivity contribution in [3.63, 3.8) is 0 Å². The fraction of sp³-hybridized carbons (Fsp3) is 0.200. The molecule has 2 aromatic rings. The Labute approximate surface area is 129 Å². The minimum atomic E-state index is -4.68. The molecule has 2 rings (SSSR count). The number of aryl methyl sites for hydroxylation is 1. The zero-order chi connectivity index (χ0) is 15.5. The summed E-state index contributed by atoms with van der Waals surface area (Å²) in [6.45, 7) is 2.50. The Bertz CT molecular complexity index is 629. The van der Waals surface area contributed by atoms with E-state index in [1.807, 2.05) is 25.1 Å². The van der Waals surface area contributed by atoms with Gasteiger partial charge in [-0.15, -0.1) is 13.2 Å². The molecule has 0 amide bonds. The van der Waals surface area contributed by atoms with Crippen LogP contribution in [0.25, 0.3) is 0 Å². The molecule has 1 N–H and O–H groups in total. The van der Waals surface area contributed by atoms with E-state index in [1.165, 1.54) is 18.2 Å². The Kier molecular flexibility index (Phi) is 4.77. The molecule has 6 heteroatoms. The number of ether oxygens (including phenoxy) is 1. The van der Waals surface area contributed by atoms with Crippen LogP contribution in [0.15, 0.2) is 46.9 Å². The van der Waals surface area contributed by atoms with Gasteiger partial charge in [-0.3, -0.25) is 0 Å². The molecule has 0 atom stereocenters. The fourth-order valence-electron chi connectivity index (χ4n) is 1.82. The molecular formula is C15H13BrF3NO. The van der Waals surface area contributed by atoms with E-state index in [0.29, 0.717) is 12.2 Å². The highest BCUT2D eigenvalue weighted by atomic mass is 79.9. The first-order valence-electron chi connectivity index (χ1n) is 6.18. The summed E-state index contributed by atoms with van der Waals surface area (Å²) < 4.78 is 41.4. The minimum absolute atomic E-state index is 0.237. The molecule has 0 bridgehead atoms. The molecule has 2 nitrogen and oxygen atoms in total. The lowest BCUT2D eigenvalue weighted by Gasteiger charge is -2.11. The van der Waals surface area contributed by atoms with Gasteiger partial charge in [0.1, 0.15) is 5.75 Å². The zero-order valence-corrected chi connectivity index (χ0v) is 12.8. The molecule has 0 saturated heterocycles. The van der Waals surface area contributed by atoms with Crippen LogP contribution < -0.4 is 10.1 Å². The monoisotopic (exact) mass is 359 g/mol. The van der Waals surface area contributed by atoms with E-state index in [9.17, 15) is 13.2 Å². The highest BCUT2D eigenvalue weighted by Gasteiger charge is 2.31. The predicted molar refractivity (Wildman–Crippen MR) is 79.3 cm³/mol. The van der Waals surface area contributed by atoms with Gasteiger partial charge in [-0.05, 0) is 36.2 Å². The molecule has 0 saturated carbocycles. The SMILES string of the molecule is Cc1cc(CNc2cccc(OC(F)(F)F)c2)ccc1Br. The lowest BCUT2D eigenvalue weighted by molar-refractivity contribution is -0.274. The number of anilines is 1. The third kappa shape index (κ3) is 4.97. The number of benzene rings is 2. The number of hydrogen-bond acceptors (Lipinski definition) is 2. The first-order valence-corrected chi connectivity index (χ1v) is 6.97. The van der Waals surface area contributed by atoms with Crippen molar-refractivity contribution in [1.82, 2.24) is 0 Å². The summed E-state index contributed by atoms with van der Waals surface area (Å²) in [5, 5.41) is 3.07. The topological polar surface area (TPSA) is 21.3 Å². The van der Waals surface area contributed by atoms with Gasteiger partial charge in [0.25, 0.3) is 0 Å². The molecule has 0 spiro atoms. The molecule has 21 heavy (non-hydrogen) atoms. The number of nitrogens with one attached hydrogen (secondary N) is 1. The average molecular weight is 360 g/mol. The normalized spacial score (nSPS) is 11.3. The summed E-state index contributed by atoms with van der Waals surface area (Å²) in [6.07, 6.45) is -4.68. The van der Waals surface area contributed by atoms with Gasteiger partial charge in [0.15, 0.2) is 0 Å². The fourth-order valence-corrected chi connectivity index (χ4v) is 2.07. The van der Waals surface area contributed by atoms with E-state index in [1.54, 1.807) is 6.07 Å². The van der Waals surface area contributed by atoms with E-state index in [-0.39, 0.29) is 5.75 Å². The molecule has 0 unspecified atom stereocenters. The maximum Gasteiger partial charge on any atom is 0.573 e. The molecule has 0 aromatic heterocycles. The Morgan fingerprint density at radius 1 is 1.14 bits per heavy atom. The van der Waals surface area contributed by atoms with E-state index >= 15 is 0 Å². The molecule has 0 aliphatic carbocycles. The van der Waals surface area contributed by atoms with Crippen molar-refractivity contribution in [2.24, 2.45) is 0 Å². The highest BCUT2D eigenvalue weighted by molar-refractivity contribution is 9.10. The van der Waals surface area contributed by atoms with Crippen molar-refractivity contribution < 1.29 is 17.9 Å². The predicted octanol–water partition coefficient (Wildman–Crippen LogP) is 5.27. The van der Waals surface area contributed by atoms with Gasteiger partial charge in [-0.2, -0.15) is 0 Å². The maximum atomic E-state index is 12.2. The van der Waals surface area contributed by atoms with Crippen molar-refractivity contribution in [1.29, 1.82) is 0 Å². The van der Waals surface area contributed by atoms with Crippen molar-refractivity contribution in [3.05, 3.63) is 58.1 Å². The Morgan fingerprint density at radius 2 is 1.90 bits per heavy atom. The quantitative estimate of drug-likeness (QED) is 0.802. The molecule has 0 fully saturated rings. The van der Waals surface area contributed by atoms with Crippen LogP contribution in [0.2, 0.25) is 0 Å².